The van der Waals surface area contributed by atoms with Gasteiger partial charge in [-0.15, -0.1) is 0 Å². The fraction of sp³-hybridized carbons (Fsp3) is 0.455. The highest BCUT2D eigenvalue weighted by Crippen LogP contribution is 2.20. The smallest absolute Gasteiger partial charge is 0.0352 e. The van der Waals surface area contributed by atoms with Gasteiger partial charge in [-0.25, -0.2) is 0 Å². The standard InChI is InChI=1S/C11H18N2/c1-8(12)9-5-4-6-10(7-9)11(2,3)13/h4-8H,12-13H2,1-3H3. The maximum absolute atomic E-state index is 5.98. The molecule has 2 heteroatoms. The van der Waals surface area contributed by atoms with Gasteiger partial charge in [0.1, 0.15) is 0 Å². The van der Waals surface area contributed by atoms with Gasteiger partial charge in [0.15, 0.2) is 0 Å². The van der Waals surface area contributed by atoms with Crippen molar-refractivity contribution in [2.45, 2.75) is 32.4 Å². The number of hydrogen-bond donors (Lipinski definition) is 2. The van der Waals surface area contributed by atoms with E-state index in [0.717, 1.165) is 11.1 Å². The van der Waals surface area contributed by atoms with Gasteiger partial charge in [0.05, 0.1) is 0 Å². The topological polar surface area (TPSA) is 52.0 Å². The van der Waals surface area contributed by atoms with E-state index < -0.39 is 0 Å². The summed E-state index contributed by atoms with van der Waals surface area (Å²) in [7, 11) is 0. The Hall–Kier alpha value is -0.860. The van der Waals surface area contributed by atoms with Crippen molar-refractivity contribution in [3.63, 3.8) is 0 Å². The van der Waals surface area contributed by atoms with Crippen LogP contribution in [0.15, 0.2) is 24.3 Å². The largest absolute Gasteiger partial charge is 0.324 e. The van der Waals surface area contributed by atoms with Gasteiger partial charge < -0.3 is 11.5 Å². The first kappa shape index (κ1) is 10.2. The highest BCUT2D eigenvalue weighted by Gasteiger charge is 2.14. The molecular formula is C11H18N2. The quantitative estimate of drug-likeness (QED) is 0.726. The SMILES string of the molecule is CC(N)c1cccc(C(C)(C)N)c1. The minimum Gasteiger partial charge on any atom is -0.324 e. The summed E-state index contributed by atoms with van der Waals surface area (Å²) in [5, 5.41) is 0. The second-order valence-corrected chi connectivity index (χ2v) is 4.14. The van der Waals surface area contributed by atoms with Crippen LogP contribution in [-0.2, 0) is 5.54 Å². The van der Waals surface area contributed by atoms with Crippen LogP contribution in [-0.4, -0.2) is 0 Å². The minimum atomic E-state index is -0.287. The van der Waals surface area contributed by atoms with Crippen molar-refractivity contribution in [1.29, 1.82) is 0 Å². The first-order chi connectivity index (χ1) is 5.91. The third kappa shape index (κ3) is 2.54. The van der Waals surface area contributed by atoms with Crippen LogP contribution in [0.1, 0.15) is 37.9 Å². The average Bonchev–Trinajstić information content (AvgIpc) is 2.03. The molecule has 1 atom stereocenters. The molecule has 0 radical (unpaired) electrons. The Balaban J connectivity index is 3.06. The van der Waals surface area contributed by atoms with Crippen LogP contribution in [0.4, 0.5) is 0 Å². The van der Waals surface area contributed by atoms with Crippen molar-refractivity contribution in [3.8, 4) is 0 Å². The van der Waals surface area contributed by atoms with Crippen LogP contribution < -0.4 is 11.5 Å². The lowest BCUT2D eigenvalue weighted by Crippen LogP contribution is -2.28. The molecule has 2 nitrogen and oxygen atoms in total. The maximum atomic E-state index is 5.98. The summed E-state index contributed by atoms with van der Waals surface area (Å²) in [6.45, 7) is 5.96. The molecular weight excluding hydrogens is 160 g/mol. The van der Waals surface area contributed by atoms with E-state index in [1.54, 1.807) is 0 Å². The third-order valence-electron chi connectivity index (χ3n) is 2.16. The second-order valence-electron chi connectivity index (χ2n) is 4.14. The van der Waals surface area contributed by atoms with Crippen molar-refractivity contribution in [2.24, 2.45) is 11.5 Å². The number of nitrogens with two attached hydrogens (primary N) is 2. The summed E-state index contributed by atoms with van der Waals surface area (Å²) in [6, 6.07) is 8.21. The Bertz CT molecular complexity index is 284. The van der Waals surface area contributed by atoms with Gasteiger partial charge in [0.25, 0.3) is 0 Å². The van der Waals surface area contributed by atoms with Crippen LogP contribution in [0.3, 0.4) is 0 Å². The van der Waals surface area contributed by atoms with Crippen molar-refractivity contribution in [3.05, 3.63) is 35.4 Å². The molecule has 1 rings (SSSR count). The lowest BCUT2D eigenvalue weighted by atomic mass is 9.93. The predicted molar refractivity (Wildman–Crippen MR) is 56.3 cm³/mol. The van der Waals surface area contributed by atoms with E-state index in [1.807, 2.05) is 39.0 Å². The van der Waals surface area contributed by atoms with Crippen LogP contribution in [0.5, 0.6) is 0 Å². The van der Waals surface area contributed by atoms with Gasteiger partial charge in [-0.2, -0.15) is 0 Å². The van der Waals surface area contributed by atoms with Crippen LogP contribution in [0, 0.1) is 0 Å². The molecule has 72 valence electrons. The molecule has 0 aliphatic carbocycles. The van der Waals surface area contributed by atoms with E-state index in [4.69, 9.17) is 11.5 Å². The molecule has 13 heavy (non-hydrogen) atoms. The lowest BCUT2D eigenvalue weighted by molar-refractivity contribution is 0.553. The molecule has 1 aromatic rings. The number of hydrogen-bond acceptors (Lipinski definition) is 2. The summed E-state index contributed by atoms with van der Waals surface area (Å²) in [5.41, 5.74) is 13.7. The van der Waals surface area contributed by atoms with Crippen molar-refractivity contribution in [2.75, 3.05) is 0 Å². The van der Waals surface area contributed by atoms with Crippen LogP contribution in [0.25, 0.3) is 0 Å². The fourth-order valence-electron chi connectivity index (χ4n) is 1.22. The second kappa shape index (κ2) is 3.48. The van der Waals surface area contributed by atoms with E-state index in [2.05, 4.69) is 6.07 Å². The number of rotatable bonds is 2. The Kier molecular flexibility index (Phi) is 2.74. The Morgan fingerprint density at radius 2 is 1.92 bits per heavy atom. The van der Waals surface area contributed by atoms with Crippen molar-refractivity contribution < 1.29 is 0 Å². The molecule has 0 aromatic heterocycles. The molecule has 1 aromatic carbocycles. The van der Waals surface area contributed by atoms with E-state index >= 15 is 0 Å². The van der Waals surface area contributed by atoms with E-state index in [-0.39, 0.29) is 11.6 Å². The summed E-state index contributed by atoms with van der Waals surface area (Å²) >= 11 is 0. The summed E-state index contributed by atoms with van der Waals surface area (Å²) in [6.07, 6.45) is 0. The summed E-state index contributed by atoms with van der Waals surface area (Å²) < 4.78 is 0. The normalized spacial score (nSPS) is 14.2. The Labute approximate surface area is 79.9 Å². The molecule has 0 heterocycles. The Morgan fingerprint density at radius 1 is 1.31 bits per heavy atom. The molecule has 4 N–H and O–H groups in total. The first-order valence-corrected chi connectivity index (χ1v) is 4.56. The molecule has 0 aliphatic rings. The fourth-order valence-corrected chi connectivity index (χ4v) is 1.22. The lowest BCUT2D eigenvalue weighted by Gasteiger charge is -2.20. The zero-order valence-electron chi connectivity index (χ0n) is 8.54. The number of benzene rings is 1. The van der Waals surface area contributed by atoms with E-state index in [9.17, 15) is 0 Å². The van der Waals surface area contributed by atoms with Gasteiger partial charge in [0, 0.05) is 11.6 Å². The minimum absolute atomic E-state index is 0.0716. The highest BCUT2D eigenvalue weighted by molar-refractivity contribution is 5.29. The molecule has 0 saturated carbocycles. The van der Waals surface area contributed by atoms with Gasteiger partial charge in [-0.05, 0) is 31.9 Å². The molecule has 0 aliphatic heterocycles. The molecule has 0 saturated heterocycles. The monoisotopic (exact) mass is 178 g/mol. The van der Waals surface area contributed by atoms with Gasteiger partial charge in [0.2, 0.25) is 0 Å². The summed E-state index contributed by atoms with van der Waals surface area (Å²) in [5.74, 6) is 0. The molecule has 0 bridgehead atoms. The molecule has 0 amide bonds. The first-order valence-electron chi connectivity index (χ1n) is 4.56. The third-order valence-corrected chi connectivity index (χ3v) is 2.16. The highest BCUT2D eigenvalue weighted by atomic mass is 14.7. The van der Waals surface area contributed by atoms with E-state index in [0.29, 0.717) is 0 Å². The molecule has 0 spiro atoms. The predicted octanol–water partition coefficient (Wildman–Crippen LogP) is 1.90. The van der Waals surface area contributed by atoms with Crippen molar-refractivity contribution in [1.82, 2.24) is 0 Å². The zero-order chi connectivity index (χ0) is 10.1. The van der Waals surface area contributed by atoms with Gasteiger partial charge in [-0.1, -0.05) is 24.3 Å². The van der Waals surface area contributed by atoms with Gasteiger partial charge in [-0.3, -0.25) is 0 Å². The summed E-state index contributed by atoms with van der Waals surface area (Å²) in [4.78, 5) is 0. The van der Waals surface area contributed by atoms with Crippen molar-refractivity contribution >= 4 is 0 Å². The van der Waals surface area contributed by atoms with Gasteiger partial charge >= 0.3 is 0 Å². The van der Waals surface area contributed by atoms with Crippen LogP contribution in [0.2, 0.25) is 0 Å². The zero-order valence-corrected chi connectivity index (χ0v) is 8.54. The average molecular weight is 178 g/mol. The molecule has 0 fully saturated rings. The molecule has 1 unspecified atom stereocenters. The maximum Gasteiger partial charge on any atom is 0.0352 e. The van der Waals surface area contributed by atoms with Crippen LogP contribution >= 0.6 is 0 Å². The van der Waals surface area contributed by atoms with E-state index in [1.165, 1.54) is 0 Å². The Morgan fingerprint density at radius 3 is 2.38 bits per heavy atom.